The number of nitrogens with zero attached hydrogens (tertiary/aromatic N) is 2. The molecule has 1 aromatic carbocycles. The number of imidazole rings is 1. The van der Waals surface area contributed by atoms with Crippen LogP contribution in [0.5, 0.6) is 0 Å². The van der Waals surface area contributed by atoms with Gasteiger partial charge in [-0.1, -0.05) is 18.2 Å². The third-order valence-electron chi connectivity index (χ3n) is 3.19. The average molecular weight is 297 g/mol. The zero-order valence-electron chi connectivity index (χ0n) is 12.0. The smallest absolute Gasteiger partial charge is 0.308 e. The maximum absolute atomic E-state index is 12.3. The lowest BCUT2D eigenvalue weighted by molar-refractivity contribution is -0.139. The van der Waals surface area contributed by atoms with Crippen molar-refractivity contribution >= 4 is 0 Å². The molecule has 1 unspecified atom stereocenters. The number of rotatable bonds is 5. The highest BCUT2D eigenvalue weighted by atomic mass is 19.4. The van der Waals surface area contributed by atoms with Gasteiger partial charge in [-0.15, -0.1) is 0 Å². The normalized spacial score (nSPS) is 13.4. The van der Waals surface area contributed by atoms with E-state index >= 15 is 0 Å². The molecule has 1 heterocycles. The van der Waals surface area contributed by atoms with Gasteiger partial charge in [-0.25, -0.2) is 4.98 Å². The van der Waals surface area contributed by atoms with Crippen LogP contribution in [0.1, 0.15) is 24.9 Å². The fraction of sp³-hybridized carbons (Fsp3) is 0.400. The van der Waals surface area contributed by atoms with E-state index in [9.17, 15) is 13.2 Å². The first-order valence-corrected chi connectivity index (χ1v) is 6.75. The van der Waals surface area contributed by atoms with Gasteiger partial charge in [0.15, 0.2) is 0 Å². The van der Waals surface area contributed by atoms with Crippen molar-refractivity contribution < 1.29 is 13.2 Å². The summed E-state index contributed by atoms with van der Waals surface area (Å²) in [5.74, 6) is 0.807. The summed E-state index contributed by atoms with van der Waals surface area (Å²) < 4.78 is 38.9. The molecule has 0 aliphatic rings. The second-order valence-electron chi connectivity index (χ2n) is 5.07. The highest BCUT2D eigenvalue weighted by molar-refractivity contribution is 5.35. The molecule has 0 saturated carbocycles. The number of hydrogen-bond donors (Lipinski definition) is 1. The molecule has 0 aliphatic carbocycles. The fourth-order valence-electron chi connectivity index (χ4n) is 2.24. The Bertz CT molecular complexity index is 576. The van der Waals surface area contributed by atoms with Crippen molar-refractivity contribution in [2.75, 3.05) is 0 Å². The lowest BCUT2D eigenvalue weighted by Crippen LogP contribution is -2.31. The minimum atomic E-state index is -4.15. The number of aromatic nitrogens is 2. The Morgan fingerprint density at radius 3 is 2.52 bits per heavy atom. The maximum Gasteiger partial charge on any atom is 0.390 e. The van der Waals surface area contributed by atoms with Crippen LogP contribution in [0.3, 0.4) is 0 Å². The van der Waals surface area contributed by atoms with E-state index in [0.29, 0.717) is 6.54 Å². The molecule has 0 radical (unpaired) electrons. The van der Waals surface area contributed by atoms with Gasteiger partial charge >= 0.3 is 6.18 Å². The van der Waals surface area contributed by atoms with Gasteiger partial charge in [0.05, 0.1) is 18.3 Å². The van der Waals surface area contributed by atoms with Gasteiger partial charge in [0.2, 0.25) is 0 Å². The first kappa shape index (κ1) is 15.6. The second kappa shape index (κ2) is 6.30. The van der Waals surface area contributed by atoms with Gasteiger partial charge in [-0.05, 0) is 26.0 Å². The quantitative estimate of drug-likeness (QED) is 0.913. The van der Waals surface area contributed by atoms with E-state index in [1.165, 1.54) is 6.92 Å². The summed E-state index contributed by atoms with van der Waals surface area (Å²) in [6.07, 6.45) is -3.30. The van der Waals surface area contributed by atoms with Crippen LogP contribution in [0.15, 0.2) is 36.5 Å². The Morgan fingerprint density at radius 2 is 1.90 bits per heavy atom. The van der Waals surface area contributed by atoms with Crippen LogP contribution in [0, 0.1) is 6.92 Å². The van der Waals surface area contributed by atoms with Crippen LogP contribution in [0.2, 0.25) is 0 Å². The number of nitrogens with one attached hydrogen (secondary N) is 1. The summed E-state index contributed by atoms with van der Waals surface area (Å²) in [6.45, 7) is 3.74. The third kappa shape index (κ3) is 4.32. The van der Waals surface area contributed by atoms with Crippen LogP contribution in [0.4, 0.5) is 13.2 Å². The molecule has 1 aromatic heterocycles. The van der Waals surface area contributed by atoms with Gasteiger partial charge in [-0.2, -0.15) is 13.2 Å². The molecule has 114 valence electrons. The van der Waals surface area contributed by atoms with E-state index < -0.39 is 18.6 Å². The van der Waals surface area contributed by atoms with Gasteiger partial charge < -0.3 is 5.32 Å². The molecule has 0 spiro atoms. The van der Waals surface area contributed by atoms with E-state index in [-0.39, 0.29) is 0 Å². The number of para-hydroxylation sites is 1. The summed E-state index contributed by atoms with van der Waals surface area (Å²) in [5.41, 5.74) is 1.79. The molecule has 0 aliphatic heterocycles. The summed E-state index contributed by atoms with van der Waals surface area (Å²) in [6, 6.07) is 8.99. The Morgan fingerprint density at radius 1 is 1.24 bits per heavy atom. The molecule has 6 heteroatoms. The third-order valence-corrected chi connectivity index (χ3v) is 3.19. The number of benzene rings is 1. The standard InChI is InChI=1S/C15H18F3N3/c1-11(8-15(16,17)18)19-9-14-10-20-12(2)21(14)13-6-4-3-5-7-13/h3-7,10-11,19H,8-9H2,1-2H3. The highest BCUT2D eigenvalue weighted by Crippen LogP contribution is 2.21. The van der Waals surface area contributed by atoms with Crippen molar-refractivity contribution in [3.05, 3.63) is 48.0 Å². The van der Waals surface area contributed by atoms with Crippen LogP contribution in [0.25, 0.3) is 5.69 Å². The highest BCUT2D eigenvalue weighted by Gasteiger charge is 2.29. The van der Waals surface area contributed by atoms with Gasteiger partial charge in [0.1, 0.15) is 5.82 Å². The first-order valence-electron chi connectivity index (χ1n) is 6.75. The van der Waals surface area contributed by atoms with Gasteiger partial charge in [-0.3, -0.25) is 4.57 Å². The van der Waals surface area contributed by atoms with E-state index in [2.05, 4.69) is 10.3 Å². The summed E-state index contributed by atoms with van der Waals surface area (Å²) in [5, 5.41) is 2.90. The average Bonchev–Trinajstić information content (AvgIpc) is 2.76. The Labute approximate surface area is 121 Å². The van der Waals surface area contributed by atoms with E-state index in [1.807, 2.05) is 41.8 Å². The lowest BCUT2D eigenvalue weighted by atomic mass is 10.2. The molecule has 3 nitrogen and oxygen atoms in total. The molecule has 0 amide bonds. The second-order valence-corrected chi connectivity index (χ2v) is 5.07. The lowest BCUT2D eigenvalue weighted by Gasteiger charge is -2.17. The fourth-order valence-corrected chi connectivity index (χ4v) is 2.24. The summed E-state index contributed by atoms with van der Waals surface area (Å²) >= 11 is 0. The minimum Gasteiger partial charge on any atom is -0.308 e. The molecular weight excluding hydrogens is 279 g/mol. The predicted octanol–water partition coefficient (Wildman–Crippen LogP) is 3.61. The molecular formula is C15H18F3N3. The van der Waals surface area contributed by atoms with Crippen LogP contribution in [-0.4, -0.2) is 21.8 Å². The summed E-state index contributed by atoms with van der Waals surface area (Å²) in [4.78, 5) is 4.25. The van der Waals surface area contributed by atoms with Crippen molar-refractivity contribution in [2.24, 2.45) is 0 Å². The van der Waals surface area contributed by atoms with Crippen molar-refractivity contribution in [2.45, 2.75) is 39.0 Å². The van der Waals surface area contributed by atoms with E-state index in [4.69, 9.17) is 0 Å². The molecule has 1 atom stereocenters. The minimum absolute atomic E-state index is 0.340. The monoisotopic (exact) mass is 297 g/mol. The Hall–Kier alpha value is -1.82. The molecule has 1 N–H and O–H groups in total. The van der Waals surface area contributed by atoms with Crippen LogP contribution in [-0.2, 0) is 6.54 Å². The Balaban J connectivity index is 2.09. The molecule has 0 saturated heterocycles. The number of hydrogen-bond acceptors (Lipinski definition) is 2. The van der Waals surface area contributed by atoms with Crippen LogP contribution < -0.4 is 5.32 Å². The Kier molecular flexibility index (Phi) is 4.67. The molecule has 21 heavy (non-hydrogen) atoms. The van der Waals surface area contributed by atoms with Crippen molar-refractivity contribution in [3.8, 4) is 5.69 Å². The number of alkyl halides is 3. The van der Waals surface area contributed by atoms with Gasteiger partial charge in [0, 0.05) is 18.3 Å². The van der Waals surface area contributed by atoms with Crippen molar-refractivity contribution in [1.82, 2.24) is 14.9 Å². The van der Waals surface area contributed by atoms with Crippen molar-refractivity contribution in [3.63, 3.8) is 0 Å². The zero-order chi connectivity index (χ0) is 15.5. The van der Waals surface area contributed by atoms with E-state index in [1.54, 1.807) is 6.20 Å². The first-order chi connectivity index (χ1) is 9.87. The summed E-state index contributed by atoms with van der Waals surface area (Å²) in [7, 11) is 0. The maximum atomic E-state index is 12.3. The zero-order valence-corrected chi connectivity index (χ0v) is 12.0. The number of aryl methyl sites for hydroxylation is 1. The SMILES string of the molecule is Cc1ncc(CNC(C)CC(F)(F)F)n1-c1ccccc1. The van der Waals surface area contributed by atoms with Crippen molar-refractivity contribution in [1.29, 1.82) is 0 Å². The number of halogens is 3. The van der Waals surface area contributed by atoms with Crippen LogP contribution >= 0.6 is 0 Å². The van der Waals surface area contributed by atoms with E-state index in [0.717, 1.165) is 17.2 Å². The molecule has 2 aromatic rings. The van der Waals surface area contributed by atoms with Gasteiger partial charge in [0.25, 0.3) is 0 Å². The largest absolute Gasteiger partial charge is 0.390 e. The predicted molar refractivity (Wildman–Crippen MR) is 75.3 cm³/mol. The molecule has 0 bridgehead atoms. The topological polar surface area (TPSA) is 29.9 Å². The molecule has 0 fully saturated rings. The molecule has 2 rings (SSSR count).